The van der Waals surface area contributed by atoms with Crippen LogP contribution in [0.4, 0.5) is 0 Å². The summed E-state index contributed by atoms with van der Waals surface area (Å²) in [6.45, 7) is 0. The van der Waals surface area contributed by atoms with Gasteiger partial charge in [0.05, 0.1) is 0 Å². The maximum atomic E-state index is 2.32. The number of rotatable bonds is 4. The van der Waals surface area contributed by atoms with Crippen LogP contribution in [0.2, 0.25) is 0 Å². The minimum absolute atomic E-state index is 0. The van der Waals surface area contributed by atoms with Crippen LogP contribution in [0.5, 0.6) is 0 Å². The molecule has 4 rings (SSSR count). The van der Waals surface area contributed by atoms with E-state index < -0.39 is 18.8 Å². The molecule has 4 aromatic rings. The normalized spacial score (nSPS) is 10.8. The molecule has 0 atom stereocenters. The molecule has 0 aliphatic rings. The fourth-order valence-electron chi connectivity index (χ4n) is 3.50. The van der Waals surface area contributed by atoms with Gasteiger partial charge in [-0.05, 0) is 0 Å². The van der Waals surface area contributed by atoms with Crippen LogP contribution >= 0.6 is 17.0 Å². The zero-order valence-corrected chi connectivity index (χ0v) is 18.7. The third-order valence-corrected chi connectivity index (χ3v) is 16.8. The Hall–Kier alpha value is -1.82. The van der Waals surface area contributed by atoms with Crippen LogP contribution in [0.1, 0.15) is 0 Å². The van der Waals surface area contributed by atoms with Gasteiger partial charge in [-0.3, -0.25) is 0 Å². The monoisotopic (exact) mass is 509 g/mol. The van der Waals surface area contributed by atoms with Crippen LogP contribution in [0, 0.1) is 0 Å². The predicted molar refractivity (Wildman–Crippen MR) is 120 cm³/mol. The summed E-state index contributed by atoms with van der Waals surface area (Å²) in [5.74, 6) is 0. The van der Waals surface area contributed by atoms with Crippen LogP contribution in [0.25, 0.3) is 0 Å². The zero-order valence-electron chi connectivity index (χ0n) is 14.4. The average molecular weight is 511 g/mol. The van der Waals surface area contributed by atoms with Gasteiger partial charge in [-0.15, -0.1) is 17.0 Å². The summed E-state index contributed by atoms with van der Waals surface area (Å²) in [7, 11) is 0. The maximum absolute atomic E-state index is 3.17. The van der Waals surface area contributed by atoms with E-state index in [1.165, 1.54) is 14.0 Å². The molecule has 0 spiro atoms. The molecule has 0 aliphatic carbocycles. The van der Waals surface area contributed by atoms with Crippen molar-refractivity contribution < 1.29 is 0 Å². The van der Waals surface area contributed by atoms with Crippen molar-refractivity contribution in [1.82, 2.24) is 0 Å². The van der Waals surface area contributed by atoms with Crippen LogP contribution in [-0.2, 0) is 0 Å². The van der Waals surface area contributed by atoms with Gasteiger partial charge < -0.3 is 0 Å². The summed E-state index contributed by atoms with van der Waals surface area (Å²) in [5.41, 5.74) is 0. The molecule has 0 aliphatic heterocycles. The molecule has 0 N–H and O–H groups in total. The Labute approximate surface area is 170 Å². The first kappa shape index (κ1) is 19.0. The molecule has 1 radical (unpaired) electrons. The van der Waals surface area contributed by atoms with E-state index >= 15 is 0 Å². The van der Waals surface area contributed by atoms with Crippen molar-refractivity contribution in [3.63, 3.8) is 0 Å². The standard InChI is InChI=1S/4C6H5.BrH.Sb/c4*1-2-4-6-5-3-1;;/h4*1-5H;1H;. The number of hydrogen-bond acceptors (Lipinski definition) is 0. The predicted octanol–water partition coefficient (Wildman–Crippen LogP) is 3.64. The van der Waals surface area contributed by atoms with Gasteiger partial charge in [-0.1, -0.05) is 0 Å². The number of benzene rings is 4. The fourth-order valence-corrected chi connectivity index (χ4v) is 15.7. The van der Waals surface area contributed by atoms with E-state index in [1.807, 2.05) is 0 Å². The van der Waals surface area contributed by atoms with Crippen LogP contribution in [-0.4, -0.2) is 18.8 Å². The molecule has 2 heteroatoms. The first-order valence-corrected chi connectivity index (χ1v) is 13.6. The molecule has 4 aromatic carbocycles. The van der Waals surface area contributed by atoms with Crippen molar-refractivity contribution >= 4 is 49.8 Å². The molecule has 0 heterocycles. The third kappa shape index (κ3) is 3.39. The number of halogens is 1. The van der Waals surface area contributed by atoms with E-state index in [9.17, 15) is 0 Å². The van der Waals surface area contributed by atoms with Crippen molar-refractivity contribution in [1.29, 1.82) is 0 Å². The second kappa shape index (κ2) is 8.71. The van der Waals surface area contributed by atoms with Gasteiger partial charge in [0, 0.05) is 0 Å². The summed E-state index contributed by atoms with van der Waals surface area (Å²) in [6, 6.07) is 44.4. The molecule has 0 unspecified atom stereocenters. The van der Waals surface area contributed by atoms with Crippen LogP contribution in [0.15, 0.2) is 121 Å². The van der Waals surface area contributed by atoms with Crippen molar-refractivity contribution in [2.45, 2.75) is 0 Å². The van der Waals surface area contributed by atoms with Gasteiger partial charge in [0.1, 0.15) is 0 Å². The summed E-state index contributed by atoms with van der Waals surface area (Å²) in [5, 5.41) is 0. The summed E-state index contributed by atoms with van der Waals surface area (Å²) >= 11 is -3.17. The van der Waals surface area contributed by atoms with Gasteiger partial charge >= 0.3 is 154 Å². The van der Waals surface area contributed by atoms with Crippen molar-refractivity contribution in [2.24, 2.45) is 0 Å². The Morgan fingerprint density at radius 3 is 0.692 bits per heavy atom. The minimum atomic E-state index is -3.17. The molecule has 0 fully saturated rings. The number of hydrogen-bond donors (Lipinski definition) is 0. The first-order chi connectivity index (χ1) is 12.4. The second-order valence-electron chi connectivity index (χ2n) is 6.01. The Morgan fingerprint density at radius 1 is 0.308 bits per heavy atom. The average Bonchev–Trinajstić information content (AvgIpc) is 2.72. The molecular formula is C24H21BrSb. The Kier molecular flexibility index (Phi) is 6.35. The van der Waals surface area contributed by atoms with E-state index in [0.717, 1.165) is 0 Å². The first-order valence-electron chi connectivity index (χ1n) is 8.54. The molecule has 0 saturated carbocycles. The fraction of sp³-hybridized carbons (Fsp3) is 0. The second-order valence-corrected chi connectivity index (χ2v) is 15.7. The van der Waals surface area contributed by atoms with Gasteiger partial charge in [-0.25, -0.2) is 0 Å². The molecular weight excluding hydrogens is 490 g/mol. The summed E-state index contributed by atoms with van der Waals surface area (Å²) < 4.78 is 5.91. The SMILES string of the molecule is Br.c1cc[c]([Sb]([c]2ccccc2)([c]2ccccc2)[c]2ccccc2)cc1. The van der Waals surface area contributed by atoms with Gasteiger partial charge in [0.15, 0.2) is 0 Å². The summed E-state index contributed by atoms with van der Waals surface area (Å²) in [4.78, 5) is 0. The Balaban J connectivity index is 0.00000196. The molecule has 0 nitrogen and oxygen atoms in total. The van der Waals surface area contributed by atoms with Gasteiger partial charge in [0.2, 0.25) is 0 Å². The van der Waals surface area contributed by atoms with E-state index in [-0.39, 0.29) is 17.0 Å². The van der Waals surface area contributed by atoms with Crippen molar-refractivity contribution in [2.75, 3.05) is 0 Å². The van der Waals surface area contributed by atoms with Crippen molar-refractivity contribution in [3.05, 3.63) is 121 Å². The summed E-state index contributed by atoms with van der Waals surface area (Å²) in [6.07, 6.45) is 0. The van der Waals surface area contributed by atoms with E-state index in [2.05, 4.69) is 121 Å². The Bertz CT molecular complexity index is 759. The quantitative estimate of drug-likeness (QED) is 0.368. The molecule has 26 heavy (non-hydrogen) atoms. The van der Waals surface area contributed by atoms with E-state index in [1.54, 1.807) is 0 Å². The topological polar surface area (TPSA) is 0 Å². The zero-order chi connectivity index (χ0) is 17.0. The third-order valence-electron chi connectivity index (χ3n) is 4.57. The van der Waals surface area contributed by atoms with Gasteiger partial charge in [-0.2, -0.15) is 0 Å². The molecule has 0 bridgehead atoms. The molecule has 0 saturated heterocycles. The Morgan fingerprint density at radius 2 is 0.500 bits per heavy atom. The van der Waals surface area contributed by atoms with Gasteiger partial charge in [0.25, 0.3) is 0 Å². The van der Waals surface area contributed by atoms with Crippen LogP contribution < -0.4 is 14.0 Å². The molecule has 0 amide bonds. The van der Waals surface area contributed by atoms with Crippen molar-refractivity contribution in [3.8, 4) is 0 Å². The molecule has 129 valence electrons. The van der Waals surface area contributed by atoms with E-state index in [0.29, 0.717) is 0 Å². The van der Waals surface area contributed by atoms with Crippen LogP contribution in [0.3, 0.4) is 0 Å². The van der Waals surface area contributed by atoms with E-state index in [4.69, 9.17) is 0 Å². The molecule has 0 aromatic heterocycles.